The van der Waals surface area contributed by atoms with Crippen LogP contribution in [0.25, 0.3) is 0 Å². The molecule has 0 aromatic heterocycles. The Morgan fingerprint density at radius 2 is 2.22 bits per heavy atom. The minimum Gasteiger partial charge on any atom is -0.338 e. The number of piperidine rings is 1. The Hall–Kier alpha value is -1.07. The lowest BCUT2D eigenvalue weighted by Gasteiger charge is -2.30. The highest BCUT2D eigenvalue weighted by molar-refractivity contribution is 9.10. The molecule has 1 unspecified atom stereocenters. The van der Waals surface area contributed by atoms with E-state index in [2.05, 4.69) is 38.4 Å². The molecule has 1 saturated heterocycles. The Kier molecular flexibility index (Phi) is 7.89. The number of halogens is 1. The van der Waals surface area contributed by atoms with Crippen molar-refractivity contribution in [3.63, 3.8) is 0 Å². The average Bonchev–Trinajstić information content (AvgIpc) is 2.53. The van der Waals surface area contributed by atoms with Gasteiger partial charge in [0.1, 0.15) is 0 Å². The van der Waals surface area contributed by atoms with Crippen LogP contribution in [0.3, 0.4) is 0 Å². The summed E-state index contributed by atoms with van der Waals surface area (Å²) in [6, 6.07) is 7.88. The van der Waals surface area contributed by atoms with Crippen LogP contribution in [0.5, 0.6) is 0 Å². The molecule has 2 amide bonds. The molecule has 0 spiro atoms. The fourth-order valence-corrected chi connectivity index (χ4v) is 3.49. The van der Waals surface area contributed by atoms with Crippen LogP contribution in [0.15, 0.2) is 28.7 Å². The van der Waals surface area contributed by atoms with E-state index in [1.54, 1.807) is 0 Å². The summed E-state index contributed by atoms with van der Waals surface area (Å²) < 4.78 is 1.03. The normalized spacial score (nSPS) is 18.6. The summed E-state index contributed by atoms with van der Waals surface area (Å²) in [6.45, 7) is 7.27. The van der Waals surface area contributed by atoms with E-state index in [9.17, 15) is 4.79 Å². The van der Waals surface area contributed by atoms with Crippen LogP contribution in [0.2, 0.25) is 0 Å². The largest absolute Gasteiger partial charge is 0.338 e. The number of hydrogen-bond donors (Lipinski definition) is 2. The molecule has 2 N–H and O–H groups in total. The van der Waals surface area contributed by atoms with Crippen molar-refractivity contribution in [3.8, 4) is 0 Å². The van der Waals surface area contributed by atoms with Gasteiger partial charge >= 0.3 is 6.03 Å². The highest BCUT2D eigenvalue weighted by atomic mass is 79.9. The van der Waals surface area contributed by atoms with E-state index in [4.69, 9.17) is 0 Å². The van der Waals surface area contributed by atoms with Crippen molar-refractivity contribution in [2.24, 2.45) is 5.92 Å². The maximum absolute atomic E-state index is 11.8. The van der Waals surface area contributed by atoms with Crippen LogP contribution in [-0.2, 0) is 6.54 Å². The van der Waals surface area contributed by atoms with Gasteiger partial charge in [-0.15, -0.1) is 0 Å². The first kappa shape index (κ1) is 18.3. The molecule has 23 heavy (non-hydrogen) atoms. The topological polar surface area (TPSA) is 44.4 Å². The molecule has 1 aliphatic rings. The second kappa shape index (κ2) is 9.93. The Labute approximate surface area is 148 Å². The number of carbonyl (C=O) groups excluding carboxylic acids is 1. The van der Waals surface area contributed by atoms with Gasteiger partial charge in [0.05, 0.1) is 0 Å². The summed E-state index contributed by atoms with van der Waals surface area (Å²) in [6.07, 6.45) is 4.89. The van der Waals surface area contributed by atoms with E-state index in [-0.39, 0.29) is 6.03 Å². The van der Waals surface area contributed by atoms with Crippen molar-refractivity contribution in [1.82, 2.24) is 15.5 Å². The Morgan fingerprint density at radius 3 is 3.00 bits per heavy atom. The SMILES string of the molecule is CC1CCCN(CCCCNC(=O)NCc2cccc(Br)c2)C1. The van der Waals surface area contributed by atoms with Crippen molar-refractivity contribution < 1.29 is 4.79 Å². The van der Waals surface area contributed by atoms with Crippen molar-refractivity contribution in [3.05, 3.63) is 34.3 Å². The Morgan fingerprint density at radius 1 is 1.35 bits per heavy atom. The van der Waals surface area contributed by atoms with Gasteiger partial charge in [0.2, 0.25) is 0 Å². The fourth-order valence-electron chi connectivity index (χ4n) is 3.04. The summed E-state index contributed by atoms with van der Waals surface area (Å²) in [4.78, 5) is 14.3. The van der Waals surface area contributed by atoms with E-state index in [1.807, 2.05) is 24.3 Å². The predicted molar refractivity (Wildman–Crippen MR) is 98.5 cm³/mol. The molecule has 4 nitrogen and oxygen atoms in total. The van der Waals surface area contributed by atoms with Crippen LogP contribution in [0.1, 0.15) is 38.2 Å². The van der Waals surface area contributed by atoms with E-state index in [0.717, 1.165) is 41.9 Å². The van der Waals surface area contributed by atoms with E-state index >= 15 is 0 Å². The summed E-state index contributed by atoms with van der Waals surface area (Å²) >= 11 is 3.43. The number of nitrogens with one attached hydrogen (secondary N) is 2. The standard InChI is InChI=1S/C18H28BrN3O/c1-15-6-5-11-22(14-15)10-3-2-9-20-18(23)21-13-16-7-4-8-17(19)12-16/h4,7-8,12,15H,2-3,5-6,9-11,13-14H2,1H3,(H2,20,21,23). The lowest BCUT2D eigenvalue weighted by atomic mass is 10.0. The zero-order valence-electron chi connectivity index (χ0n) is 14.0. The number of hydrogen-bond acceptors (Lipinski definition) is 2. The van der Waals surface area contributed by atoms with Gasteiger partial charge in [0.25, 0.3) is 0 Å². The number of unbranched alkanes of at least 4 members (excludes halogenated alkanes) is 1. The summed E-state index contributed by atoms with van der Waals surface area (Å²) in [5, 5.41) is 5.82. The maximum atomic E-state index is 11.8. The van der Waals surface area contributed by atoms with Crippen molar-refractivity contribution >= 4 is 22.0 Å². The maximum Gasteiger partial charge on any atom is 0.315 e. The second-order valence-corrected chi connectivity index (χ2v) is 7.41. The van der Waals surface area contributed by atoms with E-state index in [1.165, 1.54) is 25.9 Å². The van der Waals surface area contributed by atoms with Crippen LogP contribution < -0.4 is 10.6 Å². The first-order valence-electron chi connectivity index (χ1n) is 8.62. The number of urea groups is 1. The van der Waals surface area contributed by atoms with Gasteiger partial charge < -0.3 is 15.5 Å². The molecule has 0 aliphatic carbocycles. The predicted octanol–water partition coefficient (Wildman–Crippen LogP) is 3.76. The first-order valence-corrected chi connectivity index (χ1v) is 9.41. The molecule has 5 heteroatoms. The van der Waals surface area contributed by atoms with E-state index in [0.29, 0.717) is 6.54 Å². The number of amides is 2. The lowest BCUT2D eigenvalue weighted by Crippen LogP contribution is -2.37. The minimum absolute atomic E-state index is 0.0865. The number of benzene rings is 1. The Balaban J connectivity index is 1.51. The number of carbonyl (C=O) groups is 1. The minimum atomic E-state index is -0.0865. The van der Waals surface area contributed by atoms with Crippen molar-refractivity contribution in [2.75, 3.05) is 26.2 Å². The second-order valence-electron chi connectivity index (χ2n) is 6.49. The van der Waals surface area contributed by atoms with Crippen LogP contribution in [0.4, 0.5) is 4.79 Å². The molecule has 128 valence electrons. The van der Waals surface area contributed by atoms with Crippen LogP contribution >= 0.6 is 15.9 Å². The monoisotopic (exact) mass is 381 g/mol. The lowest BCUT2D eigenvalue weighted by molar-refractivity contribution is 0.181. The smallest absolute Gasteiger partial charge is 0.315 e. The molecule has 0 saturated carbocycles. The van der Waals surface area contributed by atoms with Crippen molar-refractivity contribution in [1.29, 1.82) is 0 Å². The number of nitrogens with zero attached hydrogens (tertiary/aromatic N) is 1. The molecule has 1 atom stereocenters. The quantitative estimate of drug-likeness (QED) is 0.706. The molecule has 1 aliphatic heterocycles. The molecule has 2 rings (SSSR count). The third-order valence-electron chi connectivity index (χ3n) is 4.27. The Bertz CT molecular complexity index is 495. The van der Waals surface area contributed by atoms with Gasteiger partial charge in [0, 0.05) is 24.1 Å². The zero-order chi connectivity index (χ0) is 16.5. The summed E-state index contributed by atoms with van der Waals surface area (Å²) in [5.74, 6) is 0.839. The zero-order valence-corrected chi connectivity index (χ0v) is 15.6. The molecular weight excluding hydrogens is 354 g/mol. The fraction of sp³-hybridized carbons (Fsp3) is 0.611. The van der Waals surface area contributed by atoms with Crippen LogP contribution in [-0.4, -0.2) is 37.1 Å². The summed E-state index contributed by atoms with van der Waals surface area (Å²) in [7, 11) is 0. The van der Waals surface area contributed by atoms with Gasteiger partial charge in [-0.3, -0.25) is 0 Å². The molecule has 1 aromatic carbocycles. The third-order valence-corrected chi connectivity index (χ3v) is 4.76. The highest BCUT2D eigenvalue weighted by Gasteiger charge is 2.15. The molecular formula is C18H28BrN3O. The van der Waals surface area contributed by atoms with Gasteiger partial charge in [-0.2, -0.15) is 0 Å². The molecule has 1 aromatic rings. The van der Waals surface area contributed by atoms with Gasteiger partial charge in [0.15, 0.2) is 0 Å². The molecule has 0 radical (unpaired) electrons. The molecule has 1 heterocycles. The average molecular weight is 382 g/mol. The molecule has 0 bridgehead atoms. The molecule has 1 fully saturated rings. The third kappa shape index (κ3) is 7.36. The first-order chi connectivity index (χ1) is 11.1. The summed E-state index contributed by atoms with van der Waals surface area (Å²) in [5.41, 5.74) is 1.09. The number of likely N-dealkylation sites (tertiary alicyclic amines) is 1. The van der Waals surface area contributed by atoms with E-state index < -0.39 is 0 Å². The van der Waals surface area contributed by atoms with Crippen molar-refractivity contribution in [2.45, 2.75) is 39.2 Å². The van der Waals surface area contributed by atoms with Gasteiger partial charge in [-0.05, 0) is 62.4 Å². The van der Waals surface area contributed by atoms with Gasteiger partial charge in [-0.25, -0.2) is 4.79 Å². The number of rotatable bonds is 7. The van der Waals surface area contributed by atoms with Crippen LogP contribution in [0, 0.1) is 5.92 Å². The van der Waals surface area contributed by atoms with Gasteiger partial charge in [-0.1, -0.05) is 35.0 Å². The highest BCUT2D eigenvalue weighted by Crippen LogP contribution is 2.15.